The number of hydrogen-bond donors (Lipinski definition) is 1. The van der Waals surface area contributed by atoms with E-state index in [2.05, 4.69) is 5.32 Å². The lowest BCUT2D eigenvalue weighted by molar-refractivity contribution is 0.0734. The van der Waals surface area contributed by atoms with Gasteiger partial charge in [-0.2, -0.15) is 0 Å². The van der Waals surface area contributed by atoms with Crippen LogP contribution in [0.3, 0.4) is 0 Å². The minimum Gasteiger partial charge on any atom is -0.423 e. The number of anilines is 1. The highest BCUT2D eigenvalue weighted by molar-refractivity contribution is 6.30. The minimum absolute atomic E-state index is 0.187. The van der Waals surface area contributed by atoms with Crippen molar-refractivity contribution in [2.45, 2.75) is 5.92 Å². The molecule has 1 aliphatic heterocycles. The van der Waals surface area contributed by atoms with Gasteiger partial charge in [0.2, 0.25) is 0 Å². The van der Waals surface area contributed by atoms with Gasteiger partial charge in [0.05, 0.1) is 16.8 Å². The van der Waals surface area contributed by atoms with Crippen LogP contribution in [0.1, 0.15) is 43.3 Å². The molecule has 0 amide bonds. The maximum atomic E-state index is 13.6. The largest absolute Gasteiger partial charge is 0.423 e. The van der Waals surface area contributed by atoms with E-state index in [1.165, 1.54) is 11.6 Å². The molecule has 1 atom stereocenters. The monoisotopic (exact) mass is 525 g/mol. The van der Waals surface area contributed by atoms with Crippen molar-refractivity contribution in [1.29, 1.82) is 0 Å². The number of carbonyl (C=O) groups excluding carboxylic acids is 2. The van der Waals surface area contributed by atoms with Crippen LogP contribution in [0, 0.1) is 0 Å². The Morgan fingerprint density at radius 3 is 2.21 bits per heavy atom. The van der Waals surface area contributed by atoms with Crippen LogP contribution in [0.4, 0.5) is 5.82 Å². The van der Waals surface area contributed by atoms with Crippen molar-refractivity contribution in [1.82, 2.24) is 9.13 Å². The molecular weight excluding hydrogens is 506 g/mol. The summed E-state index contributed by atoms with van der Waals surface area (Å²) in [5.74, 6) is -0.839. The molecule has 8 nitrogen and oxygen atoms in total. The van der Waals surface area contributed by atoms with E-state index in [1.54, 1.807) is 67.7 Å². The molecule has 1 aromatic heterocycles. The van der Waals surface area contributed by atoms with E-state index >= 15 is 0 Å². The van der Waals surface area contributed by atoms with Gasteiger partial charge in [0.15, 0.2) is 5.78 Å². The predicted octanol–water partition coefficient (Wildman–Crippen LogP) is 4.12. The summed E-state index contributed by atoms with van der Waals surface area (Å²) in [5.41, 5.74) is 2.55. The van der Waals surface area contributed by atoms with Crippen molar-refractivity contribution in [2.75, 3.05) is 5.32 Å². The molecule has 0 saturated heterocycles. The minimum atomic E-state index is -0.743. The first-order valence-corrected chi connectivity index (χ1v) is 12.2. The lowest BCUT2D eigenvalue weighted by Gasteiger charge is -2.29. The van der Waals surface area contributed by atoms with E-state index in [-0.39, 0.29) is 5.78 Å². The Balaban J connectivity index is 1.46. The highest BCUT2D eigenvalue weighted by Gasteiger charge is 2.42. The van der Waals surface area contributed by atoms with Crippen LogP contribution >= 0.6 is 11.6 Å². The molecule has 0 saturated carbocycles. The molecule has 1 aliphatic carbocycles. The first kappa shape index (κ1) is 23.7. The van der Waals surface area contributed by atoms with Crippen LogP contribution in [0.25, 0.3) is 5.70 Å². The van der Waals surface area contributed by atoms with Crippen molar-refractivity contribution in [2.24, 2.45) is 14.1 Å². The number of nitrogens with zero attached hydrogens (tertiary/aromatic N) is 2. The summed E-state index contributed by atoms with van der Waals surface area (Å²) >= 11 is 5.89. The normalized spacial score (nSPS) is 15.4. The highest BCUT2D eigenvalue weighted by atomic mass is 35.5. The van der Waals surface area contributed by atoms with E-state index in [9.17, 15) is 19.2 Å². The molecule has 0 spiro atoms. The zero-order valence-electron chi connectivity index (χ0n) is 20.3. The first-order chi connectivity index (χ1) is 18.3. The summed E-state index contributed by atoms with van der Waals surface area (Å²) in [6.45, 7) is 0. The molecule has 1 N–H and O–H groups in total. The lowest BCUT2D eigenvalue weighted by Crippen LogP contribution is -2.42. The Morgan fingerprint density at radius 2 is 1.53 bits per heavy atom. The van der Waals surface area contributed by atoms with Crippen molar-refractivity contribution < 1.29 is 14.3 Å². The van der Waals surface area contributed by atoms with Crippen LogP contribution in [-0.4, -0.2) is 20.9 Å². The molecular formula is C29H20ClN3O5. The first-order valence-electron chi connectivity index (χ1n) is 11.8. The average Bonchev–Trinajstić information content (AvgIpc) is 3.22. The summed E-state index contributed by atoms with van der Waals surface area (Å²) in [6, 6.07) is 20.2. The van der Waals surface area contributed by atoms with Gasteiger partial charge < -0.3 is 10.1 Å². The topological polar surface area (TPSA) is 99.4 Å². The zero-order chi connectivity index (χ0) is 26.7. The molecule has 0 radical (unpaired) electrons. The van der Waals surface area contributed by atoms with E-state index in [0.717, 1.165) is 4.57 Å². The molecule has 38 heavy (non-hydrogen) atoms. The standard InChI is InChI=1S/C29H20ClN3O5/c1-32-26-23(27(35)33(2)29(32)37)21(22-24(31-26)19-5-3-4-6-20(19)25(22)34)15-9-13-18(14-10-15)38-28(36)16-7-11-17(30)12-8-16/h3-14,21,31H,1-2H3/t21-/m1/s1. The van der Waals surface area contributed by atoms with Gasteiger partial charge >= 0.3 is 11.7 Å². The van der Waals surface area contributed by atoms with Gasteiger partial charge in [0, 0.05) is 41.7 Å². The second-order valence-electron chi connectivity index (χ2n) is 9.15. The molecule has 2 heterocycles. The Morgan fingerprint density at radius 1 is 0.868 bits per heavy atom. The molecule has 3 aromatic carbocycles. The SMILES string of the molecule is Cn1c2c(c(=O)n(C)c1=O)[C@H](c1ccc(OC(=O)c3ccc(Cl)cc3)cc1)C1=C(N2)c2ccccc2C1=O. The summed E-state index contributed by atoms with van der Waals surface area (Å²) < 4.78 is 7.92. The summed E-state index contributed by atoms with van der Waals surface area (Å²) in [5, 5.41) is 3.72. The maximum Gasteiger partial charge on any atom is 0.343 e. The Labute approximate surface area is 221 Å². The van der Waals surface area contributed by atoms with Gasteiger partial charge in [0.25, 0.3) is 5.56 Å². The molecule has 2 aliphatic rings. The number of rotatable bonds is 3. The van der Waals surface area contributed by atoms with Crippen molar-refractivity contribution in [3.8, 4) is 5.75 Å². The van der Waals surface area contributed by atoms with Gasteiger partial charge in [-0.05, 0) is 42.0 Å². The van der Waals surface area contributed by atoms with Gasteiger partial charge in [-0.25, -0.2) is 9.59 Å². The third-order valence-electron chi connectivity index (χ3n) is 6.98. The van der Waals surface area contributed by atoms with E-state index in [1.807, 2.05) is 12.1 Å². The number of aromatic nitrogens is 2. The molecule has 0 unspecified atom stereocenters. The quantitative estimate of drug-likeness (QED) is 0.319. The highest BCUT2D eigenvalue weighted by Crippen LogP contribution is 2.47. The molecule has 0 fully saturated rings. The van der Waals surface area contributed by atoms with E-state index < -0.39 is 23.1 Å². The number of benzene rings is 3. The van der Waals surface area contributed by atoms with Gasteiger partial charge in [-0.3, -0.25) is 18.7 Å². The number of Topliss-reactive ketones (excluding diaryl/α,β-unsaturated/α-hetero) is 1. The van der Waals surface area contributed by atoms with Crippen LogP contribution in [0.5, 0.6) is 5.75 Å². The van der Waals surface area contributed by atoms with Crippen LogP contribution in [-0.2, 0) is 14.1 Å². The zero-order valence-corrected chi connectivity index (χ0v) is 21.1. The number of allylic oxidation sites excluding steroid dienone is 1. The van der Waals surface area contributed by atoms with Crippen molar-refractivity contribution >= 4 is 34.9 Å². The smallest absolute Gasteiger partial charge is 0.343 e. The summed E-state index contributed by atoms with van der Waals surface area (Å²) in [7, 11) is 2.99. The summed E-state index contributed by atoms with van der Waals surface area (Å²) in [6.07, 6.45) is 0. The lowest BCUT2D eigenvalue weighted by atomic mass is 9.81. The number of fused-ring (bicyclic) bond motifs is 3. The van der Waals surface area contributed by atoms with Crippen LogP contribution < -0.4 is 21.3 Å². The number of ketones is 1. The third kappa shape index (κ3) is 3.53. The second kappa shape index (κ2) is 8.71. The van der Waals surface area contributed by atoms with Gasteiger partial charge in [-0.1, -0.05) is 48.0 Å². The Hall–Kier alpha value is -4.69. The fraction of sp³-hybridized carbons (Fsp3) is 0.103. The van der Waals surface area contributed by atoms with Crippen molar-refractivity contribution in [3.63, 3.8) is 0 Å². The Bertz CT molecular complexity index is 1820. The van der Waals surface area contributed by atoms with Crippen LogP contribution in [0.2, 0.25) is 5.02 Å². The number of ether oxygens (including phenoxy) is 1. The maximum absolute atomic E-state index is 13.6. The fourth-order valence-electron chi connectivity index (χ4n) is 5.07. The molecule has 4 aromatic rings. The van der Waals surface area contributed by atoms with E-state index in [0.29, 0.717) is 55.7 Å². The number of nitrogens with one attached hydrogen (secondary N) is 1. The van der Waals surface area contributed by atoms with Gasteiger partial charge in [0.1, 0.15) is 11.6 Å². The average molecular weight is 526 g/mol. The van der Waals surface area contributed by atoms with Gasteiger partial charge in [-0.15, -0.1) is 0 Å². The molecule has 188 valence electrons. The number of halogens is 1. The third-order valence-corrected chi connectivity index (χ3v) is 7.23. The molecule has 0 bridgehead atoms. The summed E-state index contributed by atoms with van der Waals surface area (Å²) in [4.78, 5) is 52.3. The number of hydrogen-bond acceptors (Lipinski definition) is 6. The fourth-order valence-corrected chi connectivity index (χ4v) is 5.20. The predicted molar refractivity (Wildman–Crippen MR) is 143 cm³/mol. The Kier molecular flexibility index (Phi) is 5.43. The van der Waals surface area contributed by atoms with Crippen molar-refractivity contribution in [3.05, 3.63) is 132 Å². The van der Waals surface area contributed by atoms with Crippen LogP contribution in [0.15, 0.2) is 88.0 Å². The number of esters is 1. The second-order valence-corrected chi connectivity index (χ2v) is 9.59. The molecule has 6 rings (SSSR count). The number of carbonyl (C=O) groups is 2. The van der Waals surface area contributed by atoms with E-state index in [4.69, 9.17) is 16.3 Å². The molecule has 9 heteroatoms.